The predicted octanol–water partition coefficient (Wildman–Crippen LogP) is 3.67. The van der Waals surface area contributed by atoms with E-state index >= 15 is 0 Å². The van der Waals surface area contributed by atoms with Crippen LogP contribution in [0.25, 0.3) is 22.5 Å². The standard InChI is InChI=1S/C30H23N7O3/c1-3-7-24(38)35-15-6-8-22(35)28-34-26(27-29-32-19(2)18-25(39)36(29)16-17-37(27)28)20-10-12-21(13-11-20)30(40)33-23-9-4-5-14-31-23/h4-5,8-14,16-17H,6,15,18H2,1-2H3/p+1. The van der Waals surface area contributed by atoms with Crippen LogP contribution in [-0.2, 0) is 4.79 Å². The van der Waals surface area contributed by atoms with Crippen LogP contribution in [0.3, 0.4) is 0 Å². The van der Waals surface area contributed by atoms with Crippen molar-refractivity contribution in [1.82, 2.24) is 19.3 Å². The molecule has 0 spiro atoms. The fourth-order valence-electron chi connectivity index (χ4n) is 4.89. The number of anilines is 1. The topological polar surface area (TPSA) is 113 Å². The summed E-state index contributed by atoms with van der Waals surface area (Å²) < 4.78 is 3.38. The largest absolute Gasteiger partial charge is 0.356 e. The second-order valence-corrected chi connectivity index (χ2v) is 9.37. The van der Waals surface area contributed by atoms with Gasteiger partial charge in [0.25, 0.3) is 5.91 Å². The minimum absolute atomic E-state index is 0.0876. The number of carbonyl (C=O) groups is 3. The Morgan fingerprint density at radius 1 is 1.12 bits per heavy atom. The molecule has 1 N–H and O–H groups in total. The van der Waals surface area contributed by atoms with Gasteiger partial charge in [0.1, 0.15) is 29.8 Å². The average Bonchev–Trinajstić information content (AvgIpc) is 3.59. The summed E-state index contributed by atoms with van der Waals surface area (Å²) >= 11 is 0. The zero-order valence-corrected chi connectivity index (χ0v) is 21.9. The molecule has 10 heteroatoms. The Hall–Kier alpha value is -5.43. The molecule has 0 bridgehead atoms. The molecule has 3 aromatic heterocycles. The quantitative estimate of drug-likeness (QED) is 0.320. The Morgan fingerprint density at radius 3 is 2.70 bits per heavy atom. The molecule has 1 aromatic carbocycles. The van der Waals surface area contributed by atoms with Crippen molar-refractivity contribution in [3.8, 4) is 23.1 Å². The van der Waals surface area contributed by atoms with Gasteiger partial charge >= 0.3 is 17.6 Å². The number of hydrogen-bond donors (Lipinski definition) is 1. The second kappa shape index (κ2) is 10.0. The maximum atomic E-state index is 12.9. The van der Waals surface area contributed by atoms with Crippen molar-refractivity contribution in [1.29, 1.82) is 0 Å². The van der Waals surface area contributed by atoms with Gasteiger partial charge < -0.3 is 5.32 Å². The van der Waals surface area contributed by atoms with Gasteiger partial charge in [-0.3, -0.25) is 18.9 Å². The van der Waals surface area contributed by atoms with Crippen LogP contribution in [0.15, 0.2) is 72.1 Å². The van der Waals surface area contributed by atoms with E-state index in [-0.39, 0.29) is 24.1 Å². The first-order chi connectivity index (χ1) is 19.4. The lowest BCUT2D eigenvalue weighted by atomic mass is 10.1. The Bertz CT molecular complexity index is 1820. The van der Waals surface area contributed by atoms with Gasteiger partial charge in [-0.2, -0.15) is 4.57 Å². The van der Waals surface area contributed by atoms with E-state index in [0.717, 1.165) is 5.56 Å². The summed E-state index contributed by atoms with van der Waals surface area (Å²) in [5.74, 6) is 6.07. The monoisotopic (exact) mass is 530 g/mol. The molecule has 2 aliphatic rings. The number of amides is 2. The van der Waals surface area contributed by atoms with E-state index in [0.29, 0.717) is 58.6 Å². The highest BCUT2D eigenvalue weighted by atomic mass is 16.2. The molecule has 40 heavy (non-hydrogen) atoms. The number of nitrogens with one attached hydrogen (secondary N) is 1. The van der Waals surface area contributed by atoms with Crippen LogP contribution in [0.5, 0.6) is 0 Å². The lowest BCUT2D eigenvalue weighted by Gasteiger charge is -2.16. The third-order valence-electron chi connectivity index (χ3n) is 6.70. The van der Waals surface area contributed by atoms with Crippen LogP contribution in [-0.4, -0.2) is 49.2 Å². The molecule has 0 atom stereocenters. The van der Waals surface area contributed by atoms with Crippen molar-refractivity contribution in [3.05, 3.63) is 78.5 Å². The summed E-state index contributed by atoms with van der Waals surface area (Å²) in [5, 5.41) is 2.78. The van der Waals surface area contributed by atoms with Gasteiger partial charge in [-0.05, 0) is 55.4 Å². The number of pyridine rings is 1. The number of nitrogens with zero attached hydrogens (tertiary/aromatic N) is 6. The highest BCUT2D eigenvalue weighted by Crippen LogP contribution is 2.35. The van der Waals surface area contributed by atoms with Crippen LogP contribution in [0.2, 0.25) is 0 Å². The van der Waals surface area contributed by atoms with Crippen LogP contribution < -0.4 is 9.88 Å². The Morgan fingerprint density at radius 2 is 1.95 bits per heavy atom. The van der Waals surface area contributed by atoms with Crippen LogP contribution in [0.4, 0.5) is 11.6 Å². The van der Waals surface area contributed by atoms with Crippen molar-refractivity contribution in [3.63, 3.8) is 0 Å². The SMILES string of the molecule is CC#CC(=O)N1CCC=C1c1nc(-c2ccc(C(=O)Nc3ccccn3)cc2)c2c3[n+](ccn12)C(=O)CC(C)=N3. The zero-order valence-electron chi connectivity index (χ0n) is 21.9. The zero-order chi connectivity index (χ0) is 27.8. The predicted molar refractivity (Wildman–Crippen MR) is 149 cm³/mol. The number of imidazole rings is 1. The lowest BCUT2D eigenvalue weighted by Crippen LogP contribution is -2.46. The van der Waals surface area contributed by atoms with Crippen LogP contribution in [0.1, 0.15) is 47.7 Å². The summed E-state index contributed by atoms with van der Waals surface area (Å²) in [6.45, 7) is 3.95. The first kappa shape index (κ1) is 24.9. The number of hydrogen-bond acceptors (Lipinski definition) is 6. The Balaban J connectivity index is 1.48. The molecule has 0 radical (unpaired) electrons. The van der Waals surface area contributed by atoms with E-state index in [1.807, 2.05) is 17.4 Å². The maximum absolute atomic E-state index is 12.9. The summed E-state index contributed by atoms with van der Waals surface area (Å²) in [6, 6.07) is 12.3. The molecule has 0 fully saturated rings. The Labute approximate surface area is 229 Å². The molecule has 6 rings (SSSR count). The third-order valence-corrected chi connectivity index (χ3v) is 6.70. The summed E-state index contributed by atoms with van der Waals surface area (Å²) in [5.41, 5.74) is 3.72. The fraction of sp³-hybridized carbons (Fsp3) is 0.167. The molecule has 0 aliphatic carbocycles. The molecule has 0 saturated carbocycles. The molecule has 5 heterocycles. The Kier molecular flexibility index (Phi) is 6.24. The van der Waals surface area contributed by atoms with Gasteiger partial charge in [0.2, 0.25) is 0 Å². The number of aliphatic imine (C=N–C) groups is 1. The molecule has 2 aliphatic heterocycles. The van der Waals surface area contributed by atoms with Gasteiger partial charge in [-0.1, -0.05) is 30.2 Å². The van der Waals surface area contributed by atoms with E-state index in [2.05, 4.69) is 22.1 Å². The summed E-state index contributed by atoms with van der Waals surface area (Å²) in [4.78, 5) is 53.9. The first-order valence-electron chi connectivity index (χ1n) is 12.8. The summed E-state index contributed by atoms with van der Waals surface area (Å²) in [7, 11) is 0. The van der Waals surface area contributed by atoms with Crippen molar-refractivity contribution < 1.29 is 19.0 Å². The van der Waals surface area contributed by atoms with Crippen molar-refractivity contribution in [2.24, 2.45) is 4.99 Å². The maximum Gasteiger partial charge on any atom is 0.356 e. The number of carbonyl (C=O) groups excluding carboxylic acids is 3. The van der Waals surface area contributed by atoms with E-state index < -0.39 is 0 Å². The molecular formula is C30H24N7O3+. The smallest absolute Gasteiger partial charge is 0.307 e. The normalized spacial score (nSPS) is 14.2. The van der Waals surface area contributed by atoms with E-state index in [9.17, 15) is 14.4 Å². The number of fused-ring (bicyclic) bond motifs is 3. The van der Waals surface area contributed by atoms with E-state index in [1.165, 1.54) is 4.57 Å². The van der Waals surface area contributed by atoms with Crippen molar-refractivity contribution >= 4 is 46.3 Å². The molecule has 4 aromatic rings. The summed E-state index contributed by atoms with van der Waals surface area (Å²) in [6.07, 6.45) is 7.91. The van der Waals surface area contributed by atoms with Gasteiger partial charge in [-0.25, -0.2) is 14.8 Å². The molecule has 10 nitrogen and oxygen atoms in total. The molecular weight excluding hydrogens is 506 g/mol. The van der Waals surface area contributed by atoms with Crippen LogP contribution >= 0.6 is 0 Å². The van der Waals surface area contributed by atoms with Gasteiger partial charge in [0.05, 0.1) is 11.9 Å². The van der Waals surface area contributed by atoms with Gasteiger partial charge in [0.15, 0.2) is 11.3 Å². The molecule has 2 amide bonds. The van der Waals surface area contributed by atoms with Gasteiger partial charge in [-0.15, -0.1) is 0 Å². The number of aromatic nitrogens is 4. The highest BCUT2D eigenvalue weighted by Gasteiger charge is 2.34. The number of benzene rings is 1. The number of rotatable bonds is 4. The van der Waals surface area contributed by atoms with Crippen molar-refractivity contribution in [2.75, 3.05) is 11.9 Å². The third kappa shape index (κ3) is 4.33. The van der Waals surface area contributed by atoms with Crippen molar-refractivity contribution in [2.45, 2.75) is 26.7 Å². The molecule has 0 saturated heterocycles. The van der Waals surface area contributed by atoms with Crippen LogP contribution in [0, 0.1) is 11.8 Å². The van der Waals surface area contributed by atoms with Gasteiger partial charge in [0, 0.05) is 23.9 Å². The highest BCUT2D eigenvalue weighted by molar-refractivity contribution is 6.05. The minimum Gasteiger partial charge on any atom is -0.307 e. The second-order valence-electron chi connectivity index (χ2n) is 9.37. The molecule has 0 unspecified atom stereocenters. The fourth-order valence-corrected chi connectivity index (χ4v) is 4.89. The average molecular weight is 531 g/mol. The van der Waals surface area contributed by atoms with E-state index in [4.69, 9.17) is 9.98 Å². The lowest BCUT2D eigenvalue weighted by molar-refractivity contribution is -0.560. The molecule has 196 valence electrons. The first-order valence-corrected chi connectivity index (χ1v) is 12.8. The minimum atomic E-state index is -0.302. The van der Waals surface area contributed by atoms with E-state index in [1.54, 1.807) is 72.9 Å².